The Morgan fingerprint density at radius 1 is 1.29 bits per heavy atom. The van der Waals surface area contributed by atoms with Gasteiger partial charge in [0.15, 0.2) is 0 Å². The Balaban J connectivity index is 1.91. The Kier molecular flexibility index (Phi) is 2.97. The topological polar surface area (TPSA) is 41.1 Å². The molecule has 1 atom stereocenters. The first-order chi connectivity index (χ1) is 8.36. The molecular weight excluding hydrogens is 212 g/mol. The Labute approximate surface area is 102 Å². The van der Waals surface area contributed by atoms with E-state index in [4.69, 9.17) is 0 Å². The number of nitrogens with one attached hydrogen (secondary N) is 1. The molecule has 0 radical (unpaired) electrons. The van der Waals surface area contributed by atoms with Crippen molar-refractivity contribution in [2.45, 2.75) is 38.1 Å². The first kappa shape index (κ1) is 11.0. The van der Waals surface area contributed by atoms with Crippen molar-refractivity contribution < 1.29 is 0 Å². The molecule has 1 aromatic heterocycles. The number of likely N-dealkylation sites (N-methyl/N-ethyl adjacent to an activating group) is 1. The molecule has 1 fully saturated rings. The summed E-state index contributed by atoms with van der Waals surface area (Å²) in [7, 11) is 2.18. The fraction of sp³-hybridized carbons (Fsp3) is 0.692. The largest absolute Gasteiger partial charge is 0.355 e. The third kappa shape index (κ3) is 2.02. The average Bonchev–Trinajstić information content (AvgIpc) is 2.91. The monoisotopic (exact) mass is 232 g/mol. The Morgan fingerprint density at radius 3 is 3.00 bits per heavy atom. The normalized spacial score (nSPS) is 23.5. The molecule has 3 rings (SSSR count). The number of aromatic nitrogens is 2. The number of rotatable bonds is 2. The van der Waals surface area contributed by atoms with Gasteiger partial charge in [-0.3, -0.25) is 0 Å². The van der Waals surface area contributed by atoms with Crippen molar-refractivity contribution in [2.24, 2.45) is 0 Å². The number of hydrogen-bond donors (Lipinski definition) is 1. The van der Waals surface area contributed by atoms with Crippen LogP contribution in [0.5, 0.6) is 0 Å². The quantitative estimate of drug-likeness (QED) is 0.830. The smallest absolute Gasteiger partial charge is 0.135 e. The second-order valence-electron chi connectivity index (χ2n) is 5.09. The number of anilines is 1. The van der Waals surface area contributed by atoms with Gasteiger partial charge in [0.05, 0.1) is 0 Å². The lowest BCUT2D eigenvalue weighted by molar-refractivity contribution is 0.636. The standard InChI is InChI=1S/C13H20N4/c1-17(10-6-7-14-8-10)13-11-4-2-3-5-12(11)15-9-16-13/h9-10,14H,2-8H2,1H3. The lowest BCUT2D eigenvalue weighted by Gasteiger charge is -2.28. The summed E-state index contributed by atoms with van der Waals surface area (Å²) in [6.45, 7) is 2.21. The highest BCUT2D eigenvalue weighted by Gasteiger charge is 2.24. The molecule has 92 valence electrons. The zero-order valence-corrected chi connectivity index (χ0v) is 10.4. The zero-order valence-electron chi connectivity index (χ0n) is 10.4. The van der Waals surface area contributed by atoms with Gasteiger partial charge in [-0.25, -0.2) is 9.97 Å². The van der Waals surface area contributed by atoms with E-state index < -0.39 is 0 Å². The first-order valence-electron chi connectivity index (χ1n) is 6.62. The van der Waals surface area contributed by atoms with E-state index in [0.29, 0.717) is 6.04 Å². The first-order valence-corrected chi connectivity index (χ1v) is 6.62. The molecule has 17 heavy (non-hydrogen) atoms. The maximum absolute atomic E-state index is 4.52. The summed E-state index contributed by atoms with van der Waals surface area (Å²) in [5.74, 6) is 1.17. The summed E-state index contributed by atoms with van der Waals surface area (Å²) >= 11 is 0. The Hall–Kier alpha value is -1.16. The molecule has 4 heteroatoms. The van der Waals surface area contributed by atoms with Crippen LogP contribution in [0.4, 0.5) is 5.82 Å². The Morgan fingerprint density at radius 2 is 2.18 bits per heavy atom. The van der Waals surface area contributed by atoms with Crippen LogP contribution in [0.1, 0.15) is 30.5 Å². The van der Waals surface area contributed by atoms with Crippen LogP contribution in [0.15, 0.2) is 6.33 Å². The lowest BCUT2D eigenvalue weighted by Crippen LogP contribution is -2.35. The van der Waals surface area contributed by atoms with Crippen molar-refractivity contribution >= 4 is 5.82 Å². The molecule has 2 aliphatic rings. The molecule has 4 nitrogen and oxygen atoms in total. The Bertz CT molecular complexity index is 398. The molecule has 1 N–H and O–H groups in total. The zero-order chi connectivity index (χ0) is 11.7. The molecular formula is C13H20N4. The van der Waals surface area contributed by atoms with Gasteiger partial charge in [-0.15, -0.1) is 0 Å². The molecule has 1 aromatic rings. The number of fused-ring (bicyclic) bond motifs is 1. The van der Waals surface area contributed by atoms with Crippen LogP contribution in [-0.2, 0) is 12.8 Å². The summed E-state index contributed by atoms with van der Waals surface area (Å²) in [6.07, 6.45) is 7.79. The molecule has 1 unspecified atom stereocenters. The van der Waals surface area contributed by atoms with Gasteiger partial charge in [0.1, 0.15) is 12.1 Å². The van der Waals surface area contributed by atoms with Gasteiger partial charge in [0.25, 0.3) is 0 Å². The van der Waals surface area contributed by atoms with Gasteiger partial charge in [-0.05, 0) is 38.6 Å². The molecule has 1 aliphatic heterocycles. The molecule has 1 aliphatic carbocycles. The lowest BCUT2D eigenvalue weighted by atomic mass is 9.96. The van der Waals surface area contributed by atoms with Crippen molar-refractivity contribution in [3.05, 3.63) is 17.6 Å². The highest BCUT2D eigenvalue weighted by Crippen LogP contribution is 2.28. The molecule has 0 saturated carbocycles. The van der Waals surface area contributed by atoms with Gasteiger partial charge in [0.2, 0.25) is 0 Å². The summed E-state index contributed by atoms with van der Waals surface area (Å²) in [6, 6.07) is 0.593. The maximum Gasteiger partial charge on any atom is 0.135 e. The number of nitrogens with zero attached hydrogens (tertiary/aromatic N) is 3. The molecule has 0 spiro atoms. The van der Waals surface area contributed by atoms with Gasteiger partial charge < -0.3 is 10.2 Å². The van der Waals surface area contributed by atoms with E-state index in [1.165, 1.54) is 36.3 Å². The highest BCUT2D eigenvalue weighted by atomic mass is 15.2. The van der Waals surface area contributed by atoms with E-state index >= 15 is 0 Å². The number of hydrogen-bond acceptors (Lipinski definition) is 4. The van der Waals surface area contributed by atoms with Crippen molar-refractivity contribution in [1.29, 1.82) is 0 Å². The van der Waals surface area contributed by atoms with Gasteiger partial charge in [-0.1, -0.05) is 0 Å². The minimum absolute atomic E-state index is 0.593. The summed E-state index contributed by atoms with van der Waals surface area (Å²) in [5.41, 5.74) is 2.67. The van der Waals surface area contributed by atoms with Gasteiger partial charge in [0, 0.05) is 30.9 Å². The van der Waals surface area contributed by atoms with Gasteiger partial charge >= 0.3 is 0 Å². The minimum atomic E-state index is 0.593. The third-order valence-electron chi connectivity index (χ3n) is 4.02. The van der Waals surface area contributed by atoms with Crippen LogP contribution in [0.25, 0.3) is 0 Å². The summed E-state index contributed by atoms with van der Waals surface area (Å²) < 4.78 is 0. The van der Waals surface area contributed by atoms with Crippen molar-refractivity contribution in [3.8, 4) is 0 Å². The van der Waals surface area contributed by atoms with Crippen LogP contribution >= 0.6 is 0 Å². The fourth-order valence-corrected chi connectivity index (χ4v) is 2.95. The SMILES string of the molecule is CN(c1ncnc2c1CCCC2)C1CCNC1. The second-order valence-corrected chi connectivity index (χ2v) is 5.09. The van der Waals surface area contributed by atoms with E-state index in [1.54, 1.807) is 6.33 Å². The van der Waals surface area contributed by atoms with E-state index in [2.05, 4.69) is 27.2 Å². The van der Waals surface area contributed by atoms with Crippen molar-refractivity contribution in [3.63, 3.8) is 0 Å². The molecule has 2 heterocycles. The third-order valence-corrected chi connectivity index (χ3v) is 4.02. The predicted molar refractivity (Wildman–Crippen MR) is 68.4 cm³/mol. The highest BCUT2D eigenvalue weighted by molar-refractivity contribution is 5.50. The molecule has 0 bridgehead atoms. The van der Waals surface area contributed by atoms with E-state index in [1.807, 2.05) is 0 Å². The molecule has 0 amide bonds. The van der Waals surface area contributed by atoms with Crippen LogP contribution in [0, 0.1) is 0 Å². The average molecular weight is 232 g/mol. The van der Waals surface area contributed by atoms with E-state index in [-0.39, 0.29) is 0 Å². The molecule has 1 saturated heterocycles. The van der Waals surface area contributed by atoms with Crippen molar-refractivity contribution in [2.75, 3.05) is 25.0 Å². The van der Waals surface area contributed by atoms with Crippen LogP contribution in [-0.4, -0.2) is 36.1 Å². The van der Waals surface area contributed by atoms with E-state index in [0.717, 1.165) is 25.9 Å². The summed E-state index contributed by atoms with van der Waals surface area (Å²) in [5, 5.41) is 3.42. The maximum atomic E-state index is 4.52. The fourth-order valence-electron chi connectivity index (χ4n) is 2.95. The predicted octanol–water partition coefficient (Wildman–Crippen LogP) is 1.15. The van der Waals surface area contributed by atoms with Crippen LogP contribution in [0.3, 0.4) is 0 Å². The van der Waals surface area contributed by atoms with E-state index in [9.17, 15) is 0 Å². The van der Waals surface area contributed by atoms with Gasteiger partial charge in [-0.2, -0.15) is 0 Å². The summed E-state index contributed by atoms with van der Waals surface area (Å²) in [4.78, 5) is 11.3. The minimum Gasteiger partial charge on any atom is -0.355 e. The van der Waals surface area contributed by atoms with Crippen LogP contribution in [0.2, 0.25) is 0 Å². The number of aryl methyl sites for hydroxylation is 1. The van der Waals surface area contributed by atoms with Crippen molar-refractivity contribution in [1.82, 2.24) is 15.3 Å². The molecule has 0 aromatic carbocycles. The van der Waals surface area contributed by atoms with Crippen LogP contribution < -0.4 is 10.2 Å². The second kappa shape index (κ2) is 4.61.